The van der Waals surface area contributed by atoms with Crippen LogP contribution in [0, 0.1) is 0 Å². The molecular formula is C19H23N5O3. The Bertz CT molecular complexity index is 801. The van der Waals surface area contributed by atoms with Crippen molar-refractivity contribution in [1.29, 1.82) is 0 Å². The molecule has 8 nitrogen and oxygen atoms in total. The SMILES string of the molecule is COc1ccc(CNC(=O)c2cc(N3CCN(C(C)=O)CC3)ncn2)cc1. The Morgan fingerprint density at radius 2 is 1.81 bits per heavy atom. The number of nitrogens with one attached hydrogen (secondary N) is 1. The molecule has 0 radical (unpaired) electrons. The number of rotatable bonds is 5. The predicted octanol–water partition coefficient (Wildman–Crippen LogP) is 1.08. The van der Waals surface area contributed by atoms with Gasteiger partial charge in [-0.05, 0) is 17.7 Å². The molecule has 0 saturated carbocycles. The third-order valence-corrected chi connectivity index (χ3v) is 4.55. The number of hydrogen-bond donors (Lipinski definition) is 1. The molecule has 1 saturated heterocycles. The zero-order valence-corrected chi connectivity index (χ0v) is 15.5. The number of carbonyl (C=O) groups excluding carboxylic acids is 2. The molecule has 0 unspecified atom stereocenters. The van der Waals surface area contributed by atoms with E-state index in [1.807, 2.05) is 24.3 Å². The van der Waals surface area contributed by atoms with Crippen molar-refractivity contribution in [2.75, 3.05) is 38.2 Å². The van der Waals surface area contributed by atoms with Crippen LogP contribution in [0.3, 0.4) is 0 Å². The van der Waals surface area contributed by atoms with Crippen molar-refractivity contribution < 1.29 is 14.3 Å². The first-order valence-electron chi connectivity index (χ1n) is 8.80. The Kier molecular flexibility index (Phi) is 5.85. The highest BCUT2D eigenvalue weighted by atomic mass is 16.5. The molecule has 0 spiro atoms. The van der Waals surface area contributed by atoms with Crippen molar-refractivity contribution in [1.82, 2.24) is 20.2 Å². The van der Waals surface area contributed by atoms with Crippen LogP contribution in [0.5, 0.6) is 5.75 Å². The van der Waals surface area contributed by atoms with E-state index in [1.165, 1.54) is 6.33 Å². The van der Waals surface area contributed by atoms with E-state index in [-0.39, 0.29) is 11.8 Å². The second-order valence-corrected chi connectivity index (χ2v) is 6.29. The highest BCUT2D eigenvalue weighted by Gasteiger charge is 2.20. The summed E-state index contributed by atoms with van der Waals surface area (Å²) in [7, 11) is 1.61. The van der Waals surface area contributed by atoms with Gasteiger partial charge in [0.05, 0.1) is 7.11 Å². The minimum Gasteiger partial charge on any atom is -0.497 e. The van der Waals surface area contributed by atoms with Gasteiger partial charge in [-0.25, -0.2) is 9.97 Å². The maximum Gasteiger partial charge on any atom is 0.270 e. The van der Waals surface area contributed by atoms with Gasteiger partial charge in [0.25, 0.3) is 5.91 Å². The van der Waals surface area contributed by atoms with Crippen LogP contribution >= 0.6 is 0 Å². The number of benzene rings is 1. The number of nitrogens with zero attached hydrogens (tertiary/aromatic N) is 4. The number of piperazine rings is 1. The van der Waals surface area contributed by atoms with Crippen LogP contribution < -0.4 is 15.0 Å². The van der Waals surface area contributed by atoms with Gasteiger partial charge in [0.1, 0.15) is 23.6 Å². The summed E-state index contributed by atoms with van der Waals surface area (Å²) >= 11 is 0. The van der Waals surface area contributed by atoms with Gasteiger partial charge >= 0.3 is 0 Å². The van der Waals surface area contributed by atoms with Crippen molar-refractivity contribution in [3.63, 3.8) is 0 Å². The predicted molar refractivity (Wildman–Crippen MR) is 101 cm³/mol. The quantitative estimate of drug-likeness (QED) is 0.849. The van der Waals surface area contributed by atoms with Crippen LogP contribution in [0.4, 0.5) is 5.82 Å². The number of anilines is 1. The summed E-state index contributed by atoms with van der Waals surface area (Å²) in [5.74, 6) is 1.30. The summed E-state index contributed by atoms with van der Waals surface area (Å²) in [6, 6.07) is 9.20. The molecule has 1 aromatic carbocycles. The number of carbonyl (C=O) groups is 2. The normalized spacial score (nSPS) is 14.0. The van der Waals surface area contributed by atoms with Gasteiger partial charge in [-0.3, -0.25) is 9.59 Å². The third kappa shape index (κ3) is 4.72. The molecule has 1 aliphatic rings. The molecule has 2 aromatic rings. The molecule has 0 bridgehead atoms. The standard InChI is InChI=1S/C19H23N5O3/c1-14(25)23-7-9-24(10-8-23)18-11-17(21-13-22-18)19(26)20-12-15-3-5-16(27-2)6-4-15/h3-6,11,13H,7-10,12H2,1-2H3,(H,20,26). The Labute approximate surface area is 158 Å². The van der Waals surface area contributed by atoms with Crippen LogP contribution in [0.2, 0.25) is 0 Å². The summed E-state index contributed by atoms with van der Waals surface area (Å²) in [6.07, 6.45) is 1.40. The Morgan fingerprint density at radius 3 is 2.44 bits per heavy atom. The minimum absolute atomic E-state index is 0.0796. The van der Waals surface area contributed by atoms with Gasteiger partial charge in [-0.15, -0.1) is 0 Å². The zero-order valence-electron chi connectivity index (χ0n) is 15.5. The number of methoxy groups -OCH3 is 1. The number of aromatic nitrogens is 2. The molecule has 142 valence electrons. The molecule has 0 atom stereocenters. The van der Waals surface area contributed by atoms with Crippen molar-refractivity contribution in [3.8, 4) is 5.75 Å². The van der Waals surface area contributed by atoms with Gasteiger partial charge in [0, 0.05) is 45.7 Å². The zero-order chi connectivity index (χ0) is 19.2. The van der Waals surface area contributed by atoms with Crippen LogP contribution in [-0.2, 0) is 11.3 Å². The lowest BCUT2D eigenvalue weighted by molar-refractivity contribution is -0.129. The summed E-state index contributed by atoms with van der Waals surface area (Å²) < 4.78 is 5.12. The van der Waals surface area contributed by atoms with Gasteiger partial charge in [-0.2, -0.15) is 0 Å². The number of amides is 2. The van der Waals surface area contributed by atoms with Gasteiger partial charge < -0.3 is 19.9 Å². The summed E-state index contributed by atoms with van der Waals surface area (Å²) in [4.78, 5) is 36.1. The molecule has 3 rings (SSSR count). The smallest absolute Gasteiger partial charge is 0.270 e. The summed E-state index contributed by atoms with van der Waals surface area (Å²) in [5.41, 5.74) is 1.29. The molecule has 0 aliphatic carbocycles. The van der Waals surface area contributed by atoms with Crippen molar-refractivity contribution in [2.45, 2.75) is 13.5 Å². The largest absolute Gasteiger partial charge is 0.497 e. The van der Waals surface area contributed by atoms with E-state index in [2.05, 4.69) is 20.2 Å². The van der Waals surface area contributed by atoms with Crippen LogP contribution in [0.1, 0.15) is 23.0 Å². The van der Waals surface area contributed by atoms with Crippen LogP contribution in [0.25, 0.3) is 0 Å². The van der Waals surface area contributed by atoms with Gasteiger partial charge in [-0.1, -0.05) is 12.1 Å². The van der Waals surface area contributed by atoms with Crippen molar-refractivity contribution in [2.24, 2.45) is 0 Å². The molecular weight excluding hydrogens is 346 g/mol. The topological polar surface area (TPSA) is 87.7 Å². The van der Waals surface area contributed by atoms with E-state index in [0.717, 1.165) is 11.3 Å². The summed E-state index contributed by atoms with van der Waals surface area (Å²) in [5, 5.41) is 2.86. The number of hydrogen-bond acceptors (Lipinski definition) is 6. The first-order chi connectivity index (χ1) is 13.1. The average Bonchev–Trinajstić information content (AvgIpc) is 2.72. The Morgan fingerprint density at radius 1 is 1.11 bits per heavy atom. The van der Waals surface area contributed by atoms with E-state index < -0.39 is 0 Å². The van der Waals surface area contributed by atoms with Crippen molar-refractivity contribution >= 4 is 17.6 Å². The maximum absolute atomic E-state index is 12.4. The molecule has 1 N–H and O–H groups in total. The fourth-order valence-electron chi connectivity index (χ4n) is 2.91. The lowest BCUT2D eigenvalue weighted by atomic mass is 10.2. The Hall–Kier alpha value is -3.16. The lowest BCUT2D eigenvalue weighted by Gasteiger charge is -2.34. The molecule has 2 amide bonds. The van der Waals surface area contributed by atoms with Crippen LogP contribution in [0.15, 0.2) is 36.7 Å². The van der Waals surface area contributed by atoms with E-state index in [9.17, 15) is 9.59 Å². The maximum atomic E-state index is 12.4. The lowest BCUT2D eigenvalue weighted by Crippen LogP contribution is -2.48. The second-order valence-electron chi connectivity index (χ2n) is 6.29. The highest BCUT2D eigenvalue weighted by Crippen LogP contribution is 2.15. The first-order valence-corrected chi connectivity index (χ1v) is 8.80. The first kappa shape index (κ1) is 18.6. The highest BCUT2D eigenvalue weighted by molar-refractivity contribution is 5.92. The van der Waals surface area contributed by atoms with E-state index in [1.54, 1.807) is 25.0 Å². The van der Waals surface area contributed by atoms with Gasteiger partial charge in [0.2, 0.25) is 5.91 Å². The molecule has 1 fully saturated rings. The van der Waals surface area contributed by atoms with E-state index in [0.29, 0.717) is 44.2 Å². The van der Waals surface area contributed by atoms with E-state index in [4.69, 9.17) is 4.74 Å². The Balaban J connectivity index is 1.59. The second kappa shape index (κ2) is 8.48. The van der Waals surface area contributed by atoms with Crippen molar-refractivity contribution in [3.05, 3.63) is 47.9 Å². The molecule has 27 heavy (non-hydrogen) atoms. The molecule has 1 aliphatic heterocycles. The molecule has 2 heterocycles. The fraction of sp³-hybridized carbons (Fsp3) is 0.368. The third-order valence-electron chi connectivity index (χ3n) is 4.55. The average molecular weight is 369 g/mol. The minimum atomic E-state index is -0.253. The van der Waals surface area contributed by atoms with E-state index >= 15 is 0 Å². The van der Waals surface area contributed by atoms with Gasteiger partial charge in [0.15, 0.2) is 0 Å². The van der Waals surface area contributed by atoms with Crippen LogP contribution in [-0.4, -0.2) is 60.0 Å². The monoisotopic (exact) mass is 369 g/mol. The number of ether oxygens (including phenoxy) is 1. The molecule has 8 heteroatoms. The summed E-state index contributed by atoms with van der Waals surface area (Å²) in [6.45, 7) is 4.65. The molecule has 1 aromatic heterocycles. The fourth-order valence-corrected chi connectivity index (χ4v) is 2.91.